The number of rotatable bonds is 8. The van der Waals surface area contributed by atoms with E-state index in [2.05, 4.69) is 12.2 Å². The summed E-state index contributed by atoms with van der Waals surface area (Å²) in [4.78, 5) is 22.8. The van der Waals surface area contributed by atoms with Gasteiger partial charge in [0.1, 0.15) is 0 Å². The first-order chi connectivity index (χ1) is 9.96. The highest BCUT2D eigenvalue weighted by Crippen LogP contribution is 2.20. The predicted molar refractivity (Wildman–Crippen MR) is 83.7 cm³/mol. The molecule has 5 nitrogen and oxygen atoms in total. The van der Waals surface area contributed by atoms with Crippen molar-refractivity contribution in [3.8, 4) is 0 Å². The second-order valence-corrected chi connectivity index (χ2v) is 5.41. The Hall–Kier alpha value is -1.59. The monoisotopic (exact) mass is 312 g/mol. The van der Waals surface area contributed by atoms with Crippen LogP contribution in [0.15, 0.2) is 18.2 Å². The Balaban J connectivity index is 2.60. The third-order valence-electron chi connectivity index (χ3n) is 3.36. The highest BCUT2D eigenvalue weighted by molar-refractivity contribution is 6.31. The van der Waals surface area contributed by atoms with Crippen LogP contribution in [0.2, 0.25) is 5.02 Å². The molecule has 0 aromatic heterocycles. The van der Waals surface area contributed by atoms with E-state index >= 15 is 0 Å². The smallest absolute Gasteiger partial charge is 0.335 e. The van der Waals surface area contributed by atoms with Gasteiger partial charge in [-0.15, -0.1) is 0 Å². The molecule has 0 bridgehead atoms. The zero-order valence-electron chi connectivity index (χ0n) is 12.1. The second kappa shape index (κ2) is 8.64. The number of anilines is 1. The Kier molecular flexibility index (Phi) is 7.19. The zero-order chi connectivity index (χ0) is 15.8. The summed E-state index contributed by atoms with van der Waals surface area (Å²) in [5.74, 6) is -0.791. The van der Waals surface area contributed by atoms with Crippen LogP contribution < -0.4 is 11.1 Å². The number of aromatic carboxylic acids is 1. The summed E-state index contributed by atoms with van der Waals surface area (Å²) in [5, 5.41) is 11.9. The fourth-order valence-corrected chi connectivity index (χ4v) is 2.37. The largest absolute Gasteiger partial charge is 0.478 e. The first-order valence-electron chi connectivity index (χ1n) is 7.00. The van der Waals surface area contributed by atoms with Crippen LogP contribution >= 0.6 is 11.6 Å². The Bertz CT molecular complexity index is 506. The lowest BCUT2D eigenvalue weighted by atomic mass is 9.96. The van der Waals surface area contributed by atoms with E-state index in [0.29, 0.717) is 24.6 Å². The molecule has 0 saturated carbocycles. The Morgan fingerprint density at radius 3 is 2.62 bits per heavy atom. The number of hydrogen-bond acceptors (Lipinski definition) is 3. The first kappa shape index (κ1) is 17.5. The van der Waals surface area contributed by atoms with Gasteiger partial charge in [-0.05, 0) is 43.5 Å². The van der Waals surface area contributed by atoms with E-state index < -0.39 is 5.97 Å². The maximum Gasteiger partial charge on any atom is 0.335 e. The third kappa shape index (κ3) is 6.14. The highest BCUT2D eigenvalue weighted by Gasteiger charge is 2.11. The highest BCUT2D eigenvalue weighted by atomic mass is 35.5. The van der Waals surface area contributed by atoms with Gasteiger partial charge in [-0.1, -0.05) is 24.9 Å². The molecular formula is C15H21ClN2O3. The number of benzene rings is 1. The van der Waals surface area contributed by atoms with Crippen molar-refractivity contribution in [1.29, 1.82) is 0 Å². The predicted octanol–water partition coefficient (Wildman–Crippen LogP) is 3.13. The number of carbonyl (C=O) groups excluding carboxylic acids is 1. The molecule has 1 amide bonds. The van der Waals surface area contributed by atoms with E-state index in [-0.39, 0.29) is 16.5 Å². The second-order valence-electron chi connectivity index (χ2n) is 4.97. The molecular weight excluding hydrogens is 292 g/mol. The number of nitrogens with two attached hydrogens (primary N) is 1. The van der Waals surface area contributed by atoms with Crippen LogP contribution in [0.25, 0.3) is 0 Å². The molecule has 1 unspecified atom stereocenters. The van der Waals surface area contributed by atoms with Crippen LogP contribution in [0, 0.1) is 5.92 Å². The summed E-state index contributed by atoms with van der Waals surface area (Å²) in [6.45, 7) is 2.70. The first-order valence-corrected chi connectivity index (χ1v) is 7.37. The van der Waals surface area contributed by atoms with E-state index in [9.17, 15) is 9.59 Å². The lowest BCUT2D eigenvalue weighted by Crippen LogP contribution is -2.15. The van der Waals surface area contributed by atoms with Gasteiger partial charge in [0.15, 0.2) is 0 Å². The zero-order valence-corrected chi connectivity index (χ0v) is 12.8. The third-order valence-corrected chi connectivity index (χ3v) is 3.58. The number of carboxylic acids is 1. The van der Waals surface area contributed by atoms with E-state index in [1.54, 1.807) is 0 Å². The number of halogens is 1. The lowest BCUT2D eigenvalue weighted by molar-refractivity contribution is -0.116. The molecule has 0 aliphatic rings. The minimum atomic E-state index is -1.08. The number of carboxylic acid groups (broad SMARTS) is 1. The Morgan fingerprint density at radius 2 is 2.05 bits per heavy atom. The molecule has 1 aromatic rings. The van der Waals surface area contributed by atoms with Crippen LogP contribution in [-0.2, 0) is 4.79 Å². The van der Waals surface area contributed by atoms with Crippen molar-refractivity contribution in [2.75, 3.05) is 11.9 Å². The van der Waals surface area contributed by atoms with Crippen LogP contribution in [0.4, 0.5) is 5.69 Å². The molecule has 0 heterocycles. The molecule has 1 rings (SSSR count). The average Bonchev–Trinajstić information content (AvgIpc) is 2.42. The van der Waals surface area contributed by atoms with Crippen molar-refractivity contribution in [2.24, 2.45) is 11.7 Å². The molecule has 0 spiro atoms. The fourth-order valence-electron chi connectivity index (χ4n) is 2.13. The number of carbonyl (C=O) groups is 2. The normalized spacial score (nSPS) is 12.0. The van der Waals surface area contributed by atoms with Gasteiger partial charge in [-0.2, -0.15) is 0 Å². The van der Waals surface area contributed by atoms with Gasteiger partial charge in [-0.3, -0.25) is 4.79 Å². The minimum absolute atomic E-state index is 0.0485. The van der Waals surface area contributed by atoms with Gasteiger partial charge >= 0.3 is 5.97 Å². The van der Waals surface area contributed by atoms with E-state index in [4.69, 9.17) is 22.4 Å². The minimum Gasteiger partial charge on any atom is -0.478 e. The van der Waals surface area contributed by atoms with E-state index in [0.717, 1.165) is 19.3 Å². The Labute approximate surface area is 129 Å². The van der Waals surface area contributed by atoms with Gasteiger partial charge in [0.05, 0.1) is 5.56 Å². The van der Waals surface area contributed by atoms with Crippen LogP contribution in [0.5, 0.6) is 0 Å². The van der Waals surface area contributed by atoms with Crippen LogP contribution in [0.1, 0.15) is 43.0 Å². The molecule has 4 N–H and O–H groups in total. The molecule has 1 atom stereocenters. The molecule has 0 saturated heterocycles. The topological polar surface area (TPSA) is 92.4 Å². The number of hydrogen-bond donors (Lipinski definition) is 3. The molecule has 0 fully saturated rings. The summed E-state index contributed by atoms with van der Waals surface area (Å²) >= 11 is 5.84. The molecule has 116 valence electrons. The van der Waals surface area contributed by atoms with Crippen molar-refractivity contribution in [3.05, 3.63) is 28.8 Å². The molecule has 0 radical (unpaired) electrons. The molecule has 0 aliphatic heterocycles. The molecule has 0 aliphatic carbocycles. The van der Waals surface area contributed by atoms with Gasteiger partial charge in [0.25, 0.3) is 0 Å². The van der Waals surface area contributed by atoms with Crippen LogP contribution in [0.3, 0.4) is 0 Å². The molecule has 21 heavy (non-hydrogen) atoms. The SMILES string of the molecule is CCC(CCN)CCC(=O)Nc1cc(Cl)cc(C(=O)O)c1. The Morgan fingerprint density at radius 1 is 1.33 bits per heavy atom. The van der Waals surface area contributed by atoms with Crippen molar-refractivity contribution < 1.29 is 14.7 Å². The lowest BCUT2D eigenvalue weighted by Gasteiger charge is -2.13. The van der Waals surface area contributed by atoms with E-state index in [1.807, 2.05) is 0 Å². The average molecular weight is 313 g/mol. The summed E-state index contributed by atoms with van der Waals surface area (Å²) in [5.41, 5.74) is 5.97. The standard InChI is InChI=1S/C15H21ClN2O3/c1-2-10(5-6-17)3-4-14(19)18-13-8-11(15(20)21)7-12(16)9-13/h7-10H,2-6,17H2,1H3,(H,18,19)(H,20,21). The van der Waals surface area contributed by atoms with Gasteiger partial charge < -0.3 is 16.2 Å². The summed E-state index contributed by atoms with van der Waals surface area (Å²) < 4.78 is 0. The van der Waals surface area contributed by atoms with Crippen molar-refractivity contribution in [1.82, 2.24) is 0 Å². The maximum absolute atomic E-state index is 11.9. The summed E-state index contributed by atoms with van der Waals surface area (Å²) in [7, 11) is 0. The van der Waals surface area contributed by atoms with Crippen molar-refractivity contribution in [3.63, 3.8) is 0 Å². The fraction of sp³-hybridized carbons (Fsp3) is 0.467. The number of nitrogens with one attached hydrogen (secondary N) is 1. The van der Waals surface area contributed by atoms with Crippen molar-refractivity contribution in [2.45, 2.75) is 32.6 Å². The quantitative estimate of drug-likeness (QED) is 0.687. The van der Waals surface area contributed by atoms with E-state index in [1.165, 1.54) is 18.2 Å². The molecule has 6 heteroatoms. The van der Waals surface area contributed by atoms with Gasteiger partial charge in [0, 0.05) is 17.1 Å². The summed E-state index contributed by atoms with van der Waals surface area (Å²) in [6.07, 6.45) is 3.05. The summed E-state index contributed by atoms with van der Waals surface area (Å²) in [6, 6.07) is 4.26. The number of amides is 1. The molecule has 1 aromatic carbocycles. The maximum atomic E-state index is 11.9. The van der Waals surface area contributed by atoms with Gasteiger partial charge in [-0.25, -0.2) is 4.79 Å². The van der Waals surface area contributed by atoms with Crippen LogP contribution in [-0.4, -0.2) is 23.5 Å². The van der Waals surface area contributed by atoms with Crippen molar-refractivity contribution >= 4 is 29.2 Å². The van der Waals surface area contributed by atoms with Gasteiger partial charge in [0.2, 0.25) is 5.91 Å².